The van der Waals surface area contributed by atoms with Gasteiger partial charge in [-0.3, -0.25) is 0 Å². The Kier molecular flexibility index (Phi) is 6.40. The van der Waals surface area contributed by atoms with E-state index in [2.05, 4.69) is 17.4 Å². The van der Waals surface area contributed by atoms with Crippen LogP contribution >= 0.6 is 0 Å². The summed E-state index contributed by atoms with van der Waals surface area (Å²) in [5.41, 5.74) is 10.1. The van der Waals surface area contributed by atoms with Gasteiger partial charge in [-0.05, 0) is 52.4 Å². The summed E-state index contributed by atoms with van der Waals surface area (Å²) in [6, 6.07) is 19.3. The fraction of sp³-hybridized carbons (Fsp3) is 0.192. The number of carbonyl (C=O) groups is 1. The summed E-state index contributed by atoms with van der Waals surface area (Å²) < 4.78 is 44.0. The minimum atomic E-state index is -4.43. The van der Waals surface area contributed by atoms with Crippen LogP contribution in [0.3, 0.4) is 0 Å². The van der Waals surface area contributed by atoms with Gasteiger partial charge in [0.1, 0.15) is 6.61 Å². The molecule has 3 N–H and O–H groups in total. The number of anilines is 1. The second-order valence-electron chi connectivity index (χ2n) is 7.78. The average Bonchev–Trinajstić information content (AvgIpc) is 3.11. The van der Waals surface area contributed by atoms with Gasteiger partial charge in [0.2, 0.25) is 0 Å². The van der Waals surface area contributed by atoms with E-state index in [4.69, 9.17) is 10.5 Å². The average molecular weight is 452 g/mol. The zero-order chi connectivity index (χ0) is 23.4. The Hall–Kier alpha value is -3.74. The van der Waals surface area contributed by atoms with E-state index in [1.807, 2.05) is 36.4 Å². The maximum absolute atomic E-state index is 12.9. The lowest BCUT2D eigenvalue weighted by Crippen LogP contribution is -2.26. The summed E-state index contributed by atoms with van der Waals surface area (Å²) >= 11 is 0. The maximum atomic E-state index is 12.9. The Morgan fingerprint density at radius 3 is 2.27 bits per heavy atom. The summed E-state index contributed by atoms with van der Waals surface area (Å²) in [5.74, 6) is -0.0214. The van der Waals surface area contributed by atoms with E-state index in [1.165, 1.54) is 12.1 Å². The van der Waals surface area contributed by atoms with E-state index in [-0.39, 0.29) is 30.3 Å². The summed E-state index contributed by atoms with van der Waals surface area (Å²) in [6.45, 7) is 0.502. The first-order valence-electron chi connectivity index (χ1n) is 10.6. The van der Waals surface area contributed by atoms with Crippen molar-refractivity contribution in [2.24, 2.45) is 0 Å². The second kappa shape index (κ2) is 9.40. The van der Waals surface area contributed by atoms with Crippen molar-refractivity contribution in [3.05, 3.63) is 95.1 Å². The number of nitrogen functional groups attached to an aromatic ring is 1. The molecule has 0 saturated heterocycles. The zero-order valence-electron chi connectivity index (χ0n) is 17.7. The van der Waals surface area contributed by atoms with Crippen LogP contribution in [-0.2, 0) is 10.9 Å². The van der Waals surface area contributed by atoms with Crippen LogP contribution in [0.2, 0.25) is 0 Å². The first kappa shape index (κ1) is 22.5. The highest BCUT2D eigenvalue weighted by molar-refractivity contribution is 5.79. The number of hydrogen-bond donors (Lipinski definition) is 2. The summed E-state index contributed by atoms with van der Waals surface area (Å²) in [5, 5.41) is 2.67. The van der Waals surface area contributed by atoms with Crippen molar-refractivity contribution < 1.29 is 22.7 Å². The lowest BCUT2D eigenvalue weighted by atomic mass is 9.98. The van der Waals surface area contributed by atoms with Gasteiger partial charge in [-0.2, -0.15) is 13.2 Å². The number of carbonyl (C=O) groups excluding carboxylic acids is 1. The van der Waals surface area contributed by atoms with Gasteiger partial charge < -0.3 is 15.8 Å². The molecule has 0 fully saturated rings. The molecule has 4 nitrogen and oxygen atoms in total. The van der Waals surface area contributed by atoms with Crippen LogP contribution in [0.1, 0.15) is 34.6 Å². The molecule has 3 aromatic carbocycles. The molecule has 0 radical (unpaired) electrons. The van der Waals surface area contributed by atoms with Crippen molar-refractivity contribution in [3.63, 3.8) is 0 Å². The summed E-state index contributed by atoms with van der Waals surface area (Å²) in [4.78, 5) is 12.2. The standard InChI is InChI=1S/C26H23F3N2O2/c27-26(28,29)18-12-13-24(30)17(15-18)7-5-6-14-31-25(32)33-16-23-21-10-3-1-8-19(21)20-9-2-4-11-22(20)23/h1-5,7-13,15,23H,6,14,16,30H2,(H,31,32). The monoisotopic (exact) mass is 452 g/mol. The van der Waals surface area contributed by atoms with E-state index in [0.717, 1.165) is 34.4 Å². The van der Waals surface area contributed by atoms with E-state index in [0.29, 0.717) is 6.42 Å². The molecule has 0 bridgehead atoms. The fourth-order valence-corrected chi connectivity index (χ4v) is 4.01. The zero-order valence-corrected chi connectivity index (χ0v) is 17.7. The molecule has 7 heteroatoms. The van der Waals surface area contributed by atoms with Crippen LogP contribution in [0, 0.1) is 0 Å². The number of nitrogens with two attached hydrogens (primary N) is 1. The number of alkyl carbamates (subject to hydrolysis) is 1. The molecule has 1 amide bonds. The lowest BCUT2D eigenvalue weighted by molar-refractivity contribution is -0.137. The molecule has 0 aromatic heterocycles. The van der Waals surface area contributed by atoms with Crippen LogP contribution in [0.15, 0.2) is 72.8 Å². The number of alkyl halides is 3. The van der Waals surface area contributed by atoms with Crippen molar-refractivity contribution in [1.82, 2.24) is 5.32 Å². The number of fused-ring (bicyclic) bond motifs is 3. The molecule has 170 valence electrons. The van der Waals surface area contributed by atoms with Crippen molar-refractivity contribution >= 4 is 17.9 Å². The Bertz CT molecular complexity index is 1140. The fourth-order valence-electron chi connectivity index (χ4n) is 4.01. The predicted molar refractivity (Wildman–Crippen MR) is 123 cm³/mol. The molecular weight excluding hydrogens is 429 g/mol. The Balaban J connectivity index is 1.28. The van der Waals surface area contributed by atoms with Crippen LogP contribution in [0.25, 0.3) is 17.2 Å². The van der Waals surface area contributed by atoms with Gasteiger partial charge in [-0.25, -0.2) is 4.79 Å². The van der Waals surface area contributed by atoms with E-state index in [9.17, 15) is 18.0 Å². The first-order chi connectivity index (χ1) is 15.8. The van der Waals surface area contributed by atoms with Gasteiger partial charge in [0.05, 0.1) is 5.56 Å². The molecule has 0 spiro atoms. The Morgan fingerprint density at radius 2 is 1.64 bits per heavy atom. The van der Waals surface area contributed by atoms with Crippen LogP contribution in [0.5, 0.6) is 0 Å². The molecule has 1 aliphatic carbocycles. The quantitative estimate of drug-likeness (QED) is 0.344. The summed E-state index contributed by atoms with van der Waals surface area (Å²) in [6.07, 6.45) is -1.37. The van der Waals surface area contributed by atoms with Gasteiger partial charge >= 0.3 is 12.3 Å². The Labute approximate surface area is 189 Å². The topological polar surface area (TPSA) is 64.3 Å². The molecule has 0 atom stereocenters. The largest absolute Gasteiger partial charge is 0.449 e. The first-order valence-corrected chi connectivity index (χ1v) is 10.6. The van der Waals surface area contributed by atoms with Crippen molar-refractivity contribution in [1.29, 1.82) is 0 Å². The van der Waals surface area contributed by atoms with E-state index >= 15 is 0 Å². The van der Waals surface area contributed by atoms with Gasteiger partial charge in [-0.15, -0.1) is 0 Å². The van der Waals surface area contributed by atoms with Crippen LogP contribution in [0.4, 0.5) is 23.7 Å². The number of hydrogen-bond acceptors (Lipinski definition) is 3. The number of halogens is 3. The predicted octanol–water partition coefficient (Wildman–Crippen LogP) is 6.23. The van der Waals surface area contributed by atoms with Crippen LogP contribution < -0.4 is 11.1 Å². The third-order valence-electron chi connectivity index (χ3n) is 5.64. The minimum Gasteiger partial charge on any atom is -0.449 e. The molecule has 0 unspecified atom stereocenters. The molecule has 0 heterocycles. The van der Waals surface area contributed by atoms with E-state index < -0.39 is 17.8 Å². The minimum absolute atomic E-state index is 0.0214. The normalized spacial score (nSPS) is 13.1. The number of rotatable bonds is 6. The molecule has 0 saturated carbocycles. The van der Waals surface area contributed by atoms with Gasteiger partial charge in [0.15, 0.2) is 0 Å². The number of nitrogens with one attached hydrogen (secondary N) is 1. The number of amides is 1. The smallest absolute Gasteiger partial charge is 0.416 e. The molecule has 0 aliphatic heterocycles. The third-order valence-corrected chi connectivity index (χ3v) is 5.64. The van der Waals surface area contributed by atoms with Crippen molar-refractivity contribution in [2.45, 2.75) is 18.5 Å². The second-order valence-corrected chi connectivity index (χ2v) is 7.78. The highest BCUT2D eigenvalue weighted by Crippen LogP contribution is 2.44. The van der Waals surface area contributed by atoms with Crippen LogP contribution in [-0.4, -0.2) is 19.2 Å². The van der Waals surface area contributed by atoms with Gasteiger partial charge in [0.25, 0.3) is 0 Å². The molecule has 3 aromatic rings. The highest BCUT2D eigenvalue weighted by atomic mass is 19.4. The van der Waals surface area contributed by atoms with Crippen molar-refractivity contribution in [2.75, 3.05) is 18.9 Å². The van der Waals surface area contributed by atoms with E-state index in [1.54, 1.807) is 6.08 Å². The van der Waals surface area contributed by atoms with Gasteiger partial charge in [-0.1, -0.05) is 60.7 Å². The lowest BCUT2D eigenvalue weighted by Gasteiger charge is -2.14. The molecular formula is C26H23F3N2O2. The third kappa shape index (κ3) is 5.03. The van der Waals surface area contributed by atoms with Crippen molar-refractivity contribution in [3.8, 4) is 11.1 Å². The number of ether oxygens (including phenoxy) is 1. The molecule has 4 rings (SSSR count). The number of benzene rings is 3. The highest BCUT2D eigenvalue weighted by Gasteiger charge is 2.31. The van der Waals surface area contributed by atoms with Gasteiger partial charge in [0, 0.05) is 18.2 Å². The summed E-state index contributed by atoms with van der Waals surface area (Å²) in [7, 11) is 0. The SMILES string of the molecule is Nc1ccc(C(F)(F)F)cc1C=CCCNC(=O)OCC1c2ccccc2-c2ccccc21. The molecule has 33 heavy (non-hydrogen) atoms. The maximum Gasteiger partial charge on any atom is 0.416 e. The molecule has 1 aliphatic rings. The Morgan fingerprint density at radius 1 is 1.00 bits per heavy atom.